The molecule has 3 rings (SSSR count). The standard InChI is InChI=1S/C18H27N3/c1-13-6-5-7-15(8-13)21-16(19)20-12-18(21)10-14(2)9-17(3,4)11-18/h5-8,14H,9-12H2,1-4H3,(H2,19,20). The topological polar surface area (TPSA) is 41.6 Å². The van der Waals surface area contributed by atoms with E-state index in [-0.39, 0.29) is 5.54 Å². The predicted molar refractivity (Wildman–Crippen MR) is 89.7 cm³/mol. The Bertz CT molecular complexity index is 576. The van der Waals surface area contributed by atoms with Crippen LogP contribution in [0.25, 0.3) is 0 Å². The normalized spacial score (nSPS) is 31.5. The van der Waals surface area contributed by atoms with Crippen molar-refractivity contribution in [1.82, 2.24) is 0 Å². The molecule has 2 unspecified atom stereocenters. The Balaban J connectivity index is 2.02. The van der Waals surface area contributed by atoms with E-state index in [4.69, 9.17) is 5.73 Å². The highest BCUT2D eigenvalue weighted by molar-refractivity contribution is 5.98. The molecule has 0 amide bonds. The van der Waals surface area contributed by atoms with Gasteiger partial charge < -0.3 is 10.6 Å². The first-order valence-corrected chi connectivity index (χ1v) is 7.98. The Morgan fingerprint density at radius 1 is 1.29 bits per heavy atom. The second kappa shape index (κ2) is 4.75. The van der Waals surface area contributed by atoms with Crippen LogP contribution in [0, 0.1) is 18.3 Å². The Morgan fingerprint density at radius 3 is 2.71 bits per heavy atom. The van der Waals surface area contributed by atoms with Gasteiger partial charge in [-0.05, 0) is 55.2 Å². The average molecular weight is 285 g/mol. The highest BCUT2D eigenvalue weighted by Gasteiger charge is 2.50. The van der Waals surface area contributed by atoms with E-state index in [0.717, 1.165) is 13.0 Å². The minimum absolute atomic E-state index is 0.0685. The summed E-state index contributed by atoms with van der Waals surface area (Å²) in [6, 6.07) is 8.63. The van der Waals surface area contributed by atoms with Gasteiger partial charge in [0.15, 0.2) is 5.96 Å². The van der Waals surface area contributed by atoms with Gasteiger partial charge in [0.2, 0.25) is 0 Å². The molecule has 1 aromatic rings. The van der Waals surface area contributed by atoms with Crippen LogP contribution < -0.4 is 10.6 Å². The van der Waals surface area contributed by atoms with Gasteiger partial charge in [0.1, 0.15) is 0 Å². The van der Waals surface area contributed by atoms with Gasteiger partial charge in [-0.3, -0.25) is 4.99 Å². The summed E-state index contributed by atoms with van der Waals surface area (Å²) < 4.78 is 0. The lowest BCUT2D eigenvalue weighted by Gasteiger charge is -2.50. The van der Waals surface area contributed by atoms with Crippen molar-refractivity contribution < 1.29 is 0 Å². The molecule has 0 saturated heterocycles. The summed E-state index contributed by atoms with van der Waals surface area (Å²) in [6.07, 6.45) is 3.62. The number of benzene rings is 1. The zero-order chi connectivity index (χ0) is 15.3. The molecule has 3 nitrogen and oxygen atoms in total. The molecule has 114 valence electrons. The van der Waals surface area contributed by atoms with E-state index in [9.17, 15) is 0 Å². The van der Waals surface area contributed by atoms with Gasteiger partial charge in [0.05, 0.1) is 12.1 Å². The van der Waals surface area contributed by atoms with Crippen LogP contribution >= 0.6 is 0 Å². The second-order valence-corrected chi connectivity index (χ2v) is 7.93. The van der Waals surface area contributed by atoms with E-state index >= 15 is 0 Å². The maximum Gasteiger partial charge on any atom is 0.196 e. The van der Waals surface area contributed by atoms with Crippen LogP contribution in [-0.4, -0.2) is 18.0 Å². The fourth-order valence-electron chi connectivity index (χ4n) is 4.78. The number of hydrogen-bond acceptors (Lipinski definition) is 3. The smallest absolute Gasteiger partial charge is 0.196 e. The Morgan fingerprint density at radius 2 is 2.05 bits per heavy atom. The van der Waals surface area contributed by atoms with Crippen molar-refractivity contribution in [2.24, 2.45) is 22.1 Å². The first-order chi connectivity index (χ1) is 9.81. The highest BCUT2D eigenvalue weighted by atomic mass is 15.4. The Kier molecular flexibility index (Phi) is 3.27. The molecule has 1 aromatic carbocycles. The molecule has 1 aliphatic heterocycles. The van der Waals surface area contributed by atoms with E-state index in [2.05, 4.69) is 61.9 Å². The minimum atomic E-state index is 0.0685. The third-order valence-corrected chi connectivity index (χ3v) is 4.94. The maximum atomic E-state index is 6.28. The van der Waals surface area contributed by atoms with Gasteiger partial charge >= 0.3 is 0 Å². The van der Waals surface area contributed by atoms with Crippen LogP contribution in [0.3, 0.4) is 0 Å². The number of hydrogen-bond donors (Lipinski definition) is 1. The zero-order valence-electron chi connectivity index (χ0n) is 13.7. The molecular formula is C18H27N3. The average Bonchev–Trinajstić information content (AvgIpc) is 2.62. The Labute approximate surface area is 128 Å². The highest BCUT2D eigenvalue weighted by Crippen LogP contribution is 2.49. The number of aliphatic imine (C=N–C) groups is 1. The third-order valence-electron chi connectivity index (χ3n) is 4.94. The molecule has 1 heterocycles. The minimum Gasteiger partial charge on any atom is -0.369 e. The van der Waals surface area contributed by atoms with Crippen LogP contribution in [0.1, 0.15) is 45.6 Å². The molecule has 2 N–H and O–H groups in total. The van der Waals surface area contributed by atoms with Gasteiger partial charge in [-0.2, -0.15) is 0 Å². The number of anilines is 1. The summed E-state index contributed by atoms with van der Waals surface area (Å²) >= 11 is 0. The van der Waals surface area contributed by atoms with Gasteiger partial charge in [-0.1, -0.05) is 32.9 Å². The van der Waals surface area contributed by atoms with Crippen molar-refractivity contribution in [1.29, 1.82) is 0 Å². The van der Waals surface area contributed by atoms with Crippen molar-refractivity contribution in [3.8, 4) is 0 Å². The fourth-order valence-corrected chi connectivity index (χ4v) is 4.78. The summed E-state index contributed by atoms with van der Waals surface area (Å²) in [7, 11) is 0. The van der Waals surface area contributed by atoms with Crippen molar-refractivity contribution in [3.05, 3.63) is 29.8 Å². The predicted octanol–water partition coefficient (Wildman–Crippen LogP) is 3.71. The van der Waals surface area contributed by atoms with Crippen LogP contribution in [0.2, 0.25) is 0 Å². The van der Waals surface area contributed by atoms with Crippen LogP contribution in [0.5, 0.6) is 0 Å². The Hall–Kier alpha value is -1.51. The van der Waals surface area contributed by atoms with E-state index in [0.29, 0.717) is 17.3 Å². The van der Waals surface area contributed by atoms with E-state index in [1.165, 1.54) is 24.1 Å². The monoisotopic (exact) mass is 285 g/mol. The van der Waals surface area contributed by atoms with Crippen molar-refractivity contribution >= 4 is 11.6 Å². The zero-order valence-corrected chi connectivity index (χ0v) is 13.7. The molecule has 21 heavy (non-hydrogen) atoms. The maximum absolute atomic E-state index is 6.28. The molecule has 3 heteroatoms. The van der Waals surface area contributed by atoms with Gasteiger partial charge in [0, 0.05) is 5.69 Å². The molecule has 2 atom stereocenters. The fraction of sp³-hybridized carbons (Fsp3) is 0.611. The van der Waals surface area contributed by atoms with E-state index < -0.39 is 0 Å². The summed E-state index contributed by atoms with van der Waals surface area (Å²) in [5.41, 5.74) is 9.15. The molecule has 1 aliphatic carbocycles. The summed E-state index contributed by atoms with van der Waals surface area (Å²) in [4.78, 5) is 6.94. The molecule has 2 aliphatic rings. The quantitative estimate of drug-likeness (QED) is 0.854. The molecule has 0 radical (unpaired) electrons. The largest absolute Gasteiger partial charge is 0.369 e. The molecule has 0 bridgehead atoms. The molecule has 0 aromatic heterocycles. The first-order valence-electron chi connectivity index (χ1n) is 7.98. The van der Waals surface area contributed by atoms with Crippen molar-refractivity contribution in [2.45, 2.75) is 52.5 Å². The van der Waals surface area contributed by atoms with Crippen molar-refractivity contribution in [3.63, 3.8) is 0 Å². The van der Waals surface area contributed by atoms with Crippen LogP contribution in [0.4, 0.5) is 5.69 Å². The third kappa shape index (κ3) is 2.54. The number of nitrogens with zero attached hydrogens (tertiary/aromatic N) is 2. The lowest BCUT2D eigenvalue weighted by molar-refractivity contribution is 0.119. The van der Waals surface area contributed by atoms with E-state index in [1.54, 1.807) is 0 Å². The lowest BCUT2D eigenvalue weighted by Crippen LogP contribution is -2.57. The van der Waals surface area contributed by atoms with Gasteiger partial charge in [-0.25, -0.2) is 0 Å². The van der Waals surface area contributed by atoms with Crippen molar-refractivity contribution in [2.75, 3.05) is 11.4 Å². The lowest BCUT2D eigenvalue weighted by atomic mass is 9.64. The number of rotatable bonds is 1. The first kappa shape index (κ1) is 14.4. The molecule has 1 spiro atoms. The summed E-state index contributed by atoms with van der Waals surface area (Å²) in [5.74, 6) is 1.40. The molecule has 1 saturated carbocycles. The number of nitrogens with two attached hydrogens (primary N) is 1. The van der Waals surface area contributed by atoms with Crippen LogP contribution in [-0.2, 0) is 0 Å². The van der Waals surface area contributed by atoms with Gasteiger partial charge in [-0.15, -0.1) is 0 Å². The van der Waals surface area contributed by atoms with Gasteiger partial charge in [0.25, 0.3) is 0 Å². The summed E-state index contributed by atoms with van der Waals surface area (Å²) in [5, 5.41) is 0. The number of guanidine groups is 1. The molecular weight excluding hydrogens is 258 g/mol. The molecule has 1 fully saturated rings. The SMILES string of the molecule is Cc1cccc(N2C(N)=NCC23CC(C)CC(C)(C)C3)c1. The van der Waals surface area contributed by atoms with Crippen LogP contribution in [0.15, 0.2) is 29.3 Å². The number of aryl methyl sites for hydroxylation is 1. The second-order valence-electron chi connectivity index (χ2n) is 7.93. The summed E-state index contributed by atoms with van der Waals surface area (Å²) in [6.45, 7) is 10.1. The van der Waals surface area contributed by atoms with E-state index in [1.807, 2.05) is 0 Å².